The van der Waals surface area contributed by atoms with E-state index in [1.54, 1.807) is 18.2 Å². The number of hydrogen-bond acceptors (Lipinski definition) is 2. The summed E-state index contributed by atoms with van der Waals surface area (Å²) >= 11 is 0. The van der Waals surface area contributed by atoms with Crippen molar-refractivity contribution in [2.45, 2.75) is 6.54 Å². The Hall–Kier alpha value is -2.75. The lowest BCUT2D eigenvalue weighted by Crippen LogP contribution is -2.26. The Morgan fingerprint density at radius 3 is 2.36 bits per heavy atom. The summed E-state index contributed by atoms with van der Waals surface area (Å²) in [5.41, 5.74) is 2.12. The van der Waals surface area contributed by atoms with Gasteiger partial charge in [0.2, 0.25) is 5.78 Å². The number of likely N-dealkylation sites (tertiary alicyclic amines) is 1. The Bertz CT molecular complexity index is 735. The number of carbonyl (C=O) groups excluding carboxylic acids is 2. The Kier molecular flexibility index (Phi) is 3.83. The zero-order valence-electron chi connectivity index (χ0n) is 11.8. The van der Waals surface area contributed by atoms with E-state index in [9.17, 15) is 14.0 Å². The summed E-state index contributed by atoms with van der Waals surface area (Å²) < 4.78 is 12.9. The van der Waals surface area contributed by atoms with Crippen LogP contribution in [0.2, 0.25) is 0 Å². The van der Waals surface area contributed by atoms with Crippen molar-refractivity contribution in [3.63, 3.8) is 0 Å². The largest absolute Gasteiger partial charge is 0.327 e. The first kappa shape index (κ1) is 14.2. The van der Waals surface area contributed by atoms with Gasteiger partial charge < -0.3 is 4.90 Å². The van der Waals surface area contributed by atoms with Crippen molar-refractivity contribution in [1.29, 1.82) is 0 Å². The predicted molar refractivity (Wildman–Crippen MR) is 81.2 cm³/mol. The summed E-state index contributed by atoms with van der Waals surface area (Å²) in [4.78, 5) is 25.6. The van der Waals surface area contributed by atoms with Crippen LogP contribution in [-0.2, 0) is 16.1 Å². The molecule has 0 atom stereocenters. The standard InChI is InChI=1S/C18H14FNO2/c19-16-8-6-13(7-9-16)10-15-12-20(18(22)17(15)21)11-14-4-2-1-3-5-14/h1-10H,11-12H2/b15-10-. The van der Waals surface area contributed by atoms with E-state index in [1.165, 1.54) is 17.0 Å². The fraction of sp³-hybridized carbons (Fsp3) is 0.111. The molecule has 1 aliphatic heterocycles. The van der Waals surface area contributed by atoms with E-state index in [0.717, 1.165) is 5.56 Å². The summed E-state index contributed by atoms with van der Waals surface area (Å²) in [6.45, 7) is 0.691. The van der Waals surface area contributed by atoms with E-state index < -0.39 is 11.7 Å². The van der Waals surface area contributed by atoms with Gasteiger partial charge in [-0.3, -0.25) is 9.59 Å². The van der Waals surface area contributed by atoms with E-state index in [1.807, 2.05) is 30.3 Å². The van der Waals surface area contributed by atoms with Crippen LogP contribution in [0.1, 0.15) is 11.1 Å². The first-order chi connectivity index (χ1) is 10.6. The lowest BCUT2D eigenvalue weighted by molar-refractivity contribution is -0.139. The summed E-state index contributed by atoms with van der Waals surface area (Å²) in [7, 11) is 0. The first-order valence-electron chi connectivity index (χ1n) is 6.97. The third-order valence-electron chi connectivity index (χ3n) is 3.56. The highest BCUT2D eigenvalue weighted by Gasteiger charge is 2.33. The average Bonchev–Trinajstić information content (AvgIpc) is 2.79. The molecule has 0 aromatic heterocycles. The van der Waals surface area contributed by atoms with E-state index in [2.05, 4.69) is 0 Å². The Balaban J connectivity index is 1.79. The minimum atomic E-state index is -0.489. The van der Waals surface area contributed by atoms with Crippen LogP contribution in [0.4, 0.5) is 4.39 Å². The molecule has 110 valence electrons. The summed E-state index contributed by atoms with van der Waals surface area (Å²) in [6, 6.07) is 15.4. The van der Waals surface area contributed by atoms with Crippen LogP contribution >= 0.6 is 0 Å². The first-order valence-corrected chi connectivity index (χ1v) is 6.97. The summed E-state index contributed by atoms with van der Waals surface area (Å²) in [5.74, 6) is -1.31. The van der Waals surface area contributed by atoms with Crippen molar-refractivity contribution in [3.05, 3.63) is 77.1 Å². The van der Waals surface area contributed by atoms with Gasteiger partial charge in [0, 0.05) is 12.1 Å². The van der Waals surface area contributed by atoms with E-state index >= 15 is 0 Å². The van der Waals surface area contributed by atoms with Gasteiger partial charge in [-0.05, 0) is 29.3 Å². The minimum Gasteiger partial charge on any atom is -0.327 e. The molecule has 2 aromatic carbocycles. The number of halogens is 1. The van der Waals surface area contributed by atoms with Gasteiger partial charge in [-0.1, -0.05) is 42.5 Å². The monoisotopic (exact) mass is 295 g/mol. The van der Waals surface area contributed by atoms with Crippen molar-refractivity contribution < 1.29 is 14.0 Å². The van der Waals surface area contributed by atoms with Crippen molar-refractivity contribution in [2.75, 3.05) is 6.54 Å². The molecule has 0 saturated carbocycles. The van der Waals surface area contributed by atoms with Gasteiger partial charge >= 0.3 is 0 Å². The van der Waals surface area contributed by atoms with Crippen LogP contribution < -0.4 is 0 Å². The number of carbonyl (C=O) groups is 2. The Morgan fingerprint density at radius 1 is 1.00 bits per heavy atom. The maximum absolute atomic E-state index is 12.9. The molecule has 1 amide bonds. The van der Waals surface area contributed by atoms with Crippen molar-refractivity contribution in [1.82, 2.24) is 4.90 Å². The van der Waals surface area contributed by atoms with Crippen molar-refractivity contribution in [2.24, 2.45) is 0 Å². The SMILES string of the molecule is O=C1C(=O)N(Cc2ccccc2)C/C1=C/c1ccc(F)cc1. The second kappa shape index (κ2) is 5.93. The van der Waals surface area contributed by atoms with Crippen LogP contribution in [0.3, 0.4) is 0 Å². The number of ketones is 1. The maximum atomic E-state index is 12.9. The van der Waals surface area contributed by atoms with E-state index in [-0.39, 0.29) is 12.4 Å². The Morgan fingerprint density at radius 2 is 1.68 bits per heavy atom. The molecule has 3 rings (SSSR count). The molecule has 0 spiro atoms. The molecule has 2 aromatic rings. The summed E-state index contributed by atoms with van der Waals surface area (Å²) in [5, 5.41) is 0. The molecule has 4 heteroatoms. The zero-order valence-corrected chi connectivity index (χ0v) is 11.8. The molecule has 1 heterocycles. The second-order valence-electron chi connectivity index (χ2n) is 5.20. The molecule has 1 aliphatic rings. The van der Waals surface area contributed by atoms with Crippen LogP contribution in [0.15, 0.2) is 60.2 Å². The van der Waals surface area contributed by atoms with Gasteiger partial charge in [0.15, 0.2) is 0 Å². The smallest absolute Gasteiger partial charge is 0.295 e. The van der Waals surface area contributed by atoms with Crippen LogP contribution in [0.5, 0.6) is 0 Å². The lowest BCUT2D eigenvalue weighted by atomic mass is 10.1. The second-order valence-corrected chi connectivity index (χ2v) is 5.20. The third kappa shape index (κ3) is 2.96. The molecule has 0 aliphatic carbocycles. The summed E-state index contributed by atoms with van der Waals surface area (Å²) in [6.07, 6.45) is 1.64. The van der Waals surface area contributed by atoms with Crippen LogP contribution in [-0.4, -0.2) is 23.1 Å². The highest BCUT2D eigenvalue weighted by atomic mass is 19.1. The highest BCUT2D eigenvalue weighted by Crippen LogP contribution is 2.19. The third-order valence-corrected chi connectivity index (χ3v) is 3.56. The van der Waals surface area contributed by atoms with Gasteiger partial charge in [-0.25, -0.2) is 4.39 Å². The van der Waals surface area contributed by atoms with Crippen LogP contribution in [0, 0.1) is 5.82 Å². The number of hydrogen-bond donors (Lipinski definition) is 0. The molecule has 0 bridgehead atoms. The molecule has 0 N–H and O–H groups in total. The molecule has 22 heavy (non-hydrogen) atoms. The number of nitrogens with zero attached hydrogens (tertiary/aromatic N) is 1. The van der Waals surface area contributed by atoms with Crippen molar-refractivity contribution >= 4 is 17.8 Å². The highest BCUT2D eigenvalue weighted by molar-refractivity contribution is 6.45. The average molecular weight is 295 g/mol. The molecule has 1 saturated heterocycles. The van der Waals surface area contributed by atoms with Gasteiger partial charge in [0.25, 0.3) is 5.91 Å². The number of amides is 1. The maximum Gasteiger partial charge on any atom is 0.295 e. The number of Topliss-reactive ketones (excluding diaryl/α,β-unsaturated/α-hetero) is 1. The molecule has 0 radical (unpaired) electrons. The lowest BCUT2D eigenvalue weighted by Gasteiger charge is -2.13. The van der Waals surface area contributed by atoms with Crippen LogP contribution in [0.25, 0.3) is 6.08 Å². The molecular formula is C18H14FNO2. The van der Waals surface area contributed by atoms with E-state index in [4.69, 9.17) is 0 Å². The number of rotatable bonds is 3. The number of benzene rings is 2. The Labute approximate surface area is 127 Å². The fourth-order valence-electron chi connectivity index (χ4n) is 2.43. The predicted octanol–water partition coefficient (Wildman–Crippen LogP) is 2.82. The molecule has 3 nitrogen and oxygen atoms in total. The van der Waals surface area contributed by atoms with Gasteiger partial charge in [0.05, 0.1) is 6.54 Å². The molecule has 0 unspecified atom stereocenters. The zero-order chi connectivity index (χ0) is 15.5. The molecular weight excluding hydrogens is 281 g/mol. The van der Waals surface area contributed by atoms with Crippen molar-refractivity contribution in [3.8, 4) is 0 Å². The van der Waals surface area contributed by atoms with E-state index in [0.29, 0.717) is 17.7 Å². The van der Waals surface area contributed by atoms with Gasteiger partial charge in [0.1, 0.15) is 5.82 Å². The quantitative estimate of drug-likeness (QED) is 0.645. The molecule has 1 fully saturated rings. The van der Waals surface area contributed by atoms with Gasteiger partial charge in [-0.15, -0.1) is 0 Å². The normalized spacial score (nSPS) is 16.6. The fourth-order valence-corrected chi connectivity index (χ4v) is 2.43. The minimum absolute atomic E-state index is 0.282. The topological polar surface area (TPSA) is 37.4 Å². The van der Waals surface area contributed by atoms with Gasteiger partial charge in [-0.2, -0.15) is 0 Å².